The molecule has 0 spiro atoms. The predicted molar refractivity (Wildman–Crippen MR) is 80.6 cm³/mol. The van der Waals surface area contributed by atoms with E-state index in [0.29, 0.717) is 6.04 Å². The summed E-state index contributed by atoms with van der Waals surface area (Å²) in [4.78, 5) is 16.2. The Labute approximate surface area is 123 Å². The molecule has 0 aromatic rings. The van der Waals surface area contributed by atoms with Crippen LogP contribution in [-0.4, -0.2) is 55.0 Å². The number of likely N-dealkylation sites (N-methyl/N-ethyl adjacent to an activating group) is 1. The molecule has 0 aromatic carbocycles. The second-order valence-corrected chi connectivity index (χ2v) is 5.31. The van der Waals surface area contributed by atoms with E-state index < -0.39 is 0 Å². The average molecular weight is 300 g/mol. The summed E-state index contributed by atoms with van der Waals surface area (Å²) in [5, 5.41) is 0. The number of carbonyl (C=O) groups excluding carboxylic acids is 1. The number of likely N-dealkylation sites (tertiary alicyclic amines) is 1. The van der Waals surface area contributed by atoms with Gasteiger partial charge in [-0.25, -0.2) is 0 Å². The average Bonchev–Trinajstić information content (AvgIpc) is 2.27. The molecule has 2 N–H and O–H groups in total. The Morgan fingerprint density at radius 1 is 1.33 bits per heavy atom. The van der Waals surface area contributed by atoms with Crippen molar-refractivity contribution in [1.82, 2.24) is 9.80 Å². The van der Waals surface area contributed by atoms with Gasteiger partial charge in [-0.05, 0) is 32.9 Å². The van der Waals surface area contributed by atoms with E-state index in [9.17, 15) is 4.79 Å². The van der Waals surface area contributed by atoms with E-state index >= 15 is 0 Å². The number of rotatable bonds is 3. The van der Waals surface area contributed by atoms with Crippen molar-refractivity contribution in [3.8, 4) is 0 Å². The van der Waals surface area contributed by atoms with E-state index in [1.165, 1.54) is 6.42 Å². The summed E-state index contributed by atoms with van der Waals surface area (Å²) in [6.45, 7) is 5.68. The lowest BCUT2D eigenvalue weighted by Gasteiger charge is -2.37. The van der Waals surface area contributed by atoms with Gasteiger partial charge in [-0.2, -0.15) is 0 Å². The third kappa shape index (κ3) is 5.31. The van der Waals surface area contributed by atoms with Crippen LogP contribution >= 0.6 is 24.8 Å². The Morgan fingerprint density at radius 3 is 2.33 bits per heavy atom. The first-order valence-electron chi connectivity index (χ1n) is 6.14. The third-order valence-corrected chi connectivity index (χ3v) is 3.44. The topological polar surface area (TPSA) is 49.6 Å². The predicted octanol–water partition coefficient (Wildman–Crippen LogP) is 1.37. The number of halogens is 2. The van der Waals surface area contributed by atoms with Crippen molar-refractivity contribution in [2.45, 2.75) is 38.8 Å². The van der Waals surface area contributed by atoms with Gasteiger partial charge in [0, 0.05) is 19.1 Å². The first kappa shape index (κ1) is 20.3. The van der Waals surface area contributed by atoms with Gasteiger partial charge in [-0.1, -0.05) is 13.8 Å². The van der Waals surface area contributed by atoms with Gasteiger partial charge in [-0.15, -0.1) is 24.8 Å². The van der Waals surface area contributed by atoms with Crippen LogP contribution in [-0.2, 0) is 4.79 Å². The minimum atomic E-state index is -0.346. The number of nitrogens with two attached hydrogens (primary N) is 1. The maximum Gasteiger partial charge on any atom is 0.239 e. The molecule has 2 unspecified atom stereocenters. The molecule has 1 amide bonds. The van der Waals surface area contributed by atoms with Crippen molar-refractivity contribution in [3.05, 3.63) is 0 Å². The lowest BCUT2D eigenvalue weighted by molar-refractivity contribution is -0.135. The van der Waals surface area contributed by atoms with E-state index in [1.54, 1.807) is 0 Å². The molecule has 1 fully saturated rings. The van der Waals surface area contributed by atoms with E-state index in [4.69, 9.17) is 5.73 Å². The lowest BCUT2D eigenvalue weighted by atomic mass is 10.00. The van der Waals surface area contributed by atoms with Crippen LogP contribution in [0.25, 0.3) is 0 Å². The first-order chi connectivity index (χ1) is 7.43. The molecule has 0 bridgehead atoms. The van der Waals surface area contributed by atoms with Crippen molar-refractivity contribution >= 4 is 30.7 Å². The van der Waals surface area contributed by atoms with Crippen molar-refractivity contribution < 1.29 is 4.79 Å². The van der Waals surface area contributed by atoms with Crippen LogP contribution in [0.2, 0.25) is 0 Å². The summed E-state index contributed by atoms with van der Waals surface area (Å²) in [5.74, 6) is 0.328. The Bertz CT molecular complexity index is 249. The zero-order valence-corrected chi connectivity index (χ0v) is 13.4. The number of hydrogen-bond acceptors (Lipinski definition) is 3. The Balaban J connectivity index is 0. The maximum atomic E-state index is 12.1. The highest BCUT2D eigenvalue weighted by Crippen LogP contribution is 2.15. The van der Waals surface area contributed by atoms with E-state index in [-0.39, 0.29) is 42.7 Å². The molecular formula is C12H27Cl2N3O. The molecule has 0 radical (unpaired) electrons. The largest absolute Gasteiger partial charge is 0.340 e. The number of nitrogens with zero attached hydrogens (tertiary/aromatic N) is 2. The molecule has 18 heavy (non-hydrogen) atoms. The van der Waals surface area contributed by atoms with Crippen molar-refractivity contribution in [1.29, 1.82) is 0 Å². The smallest absolute Gasteiger partial charge is 0.239 e. The minimum absolute atomic E-state index is 0. The highest BCUT2D eigenvalue weighted by atomic mass is 35.5. The fourth-order valence-electron chi connectivity index (χ4n) is 2.07. The SMILES string of the molecule is CC(C)C(N)C(=O)N1CCCC(N(C)C)C1.Cl.Cl. The van der Waals surface area contributed by atoms with Gasteiger partial charge in [0.05, 0.1) is 6.04 Å². The van der Waals surface area contributed by atoms with Crippen LogP contribution < -0.4 is 5.73 Å². The Hall–Kier alpha value is -0.0300. The fraction of sp³-hybridized carbons (Fsp3) is 0.917. The Morgan fingerprint density at radius 2 is 1.89 bits per heavy atom. The van der Waals surface area contributed by atoms with Gasteiger partial charge in [0.2, 0.25) is 5.91 Å². The van der Waals surface area contributed by atoms with Crippen LogP contribution in [0.4, 0.5) is 0 Å². The minimum Gasteiger partial charge on any atom is -0.340 e. The molecule has 110 valence electrons. The summed E-state index contributed by atoms with van der Waals surface area (Å²) in [5.41, 5.74) is 5.91. The Kier molecular flexibility index (Phi) is 10.1. The third-order valence-electron chi connectivity index (χ3n) is 3.44. The molecule has 1 heterocycles. The van der Waals surface area contributed by atoms with E-state index in [1.807, 2.05) is 18.7 Å². The zero-order chi connectivity index (χ0) is 12.3. The molecule has 0 aliphatic carbocycles. The summed E-state index contributed by atoms with van der Waals surface area (Å²) in [6, 6.07) is 0.137. The van der Waals surface area contributed by atoms with Crippen LogP contribution in [0, 0.1) is 5.92 Å². The normalized spacial score (nSPS) is 21.3. The van der Waals surface area contributed by atoms with Crippen LogP contribution in [0.5, 0.6) is 0 Å². The van der Waals surface area contributed by atoms with Gasteiger partial charge < -0.3 is 15.5 Å². The standard InChI is InChI=1S/C12H25N3O.2ClH/c1-9(2)11(13)12(16)15-7-5-6-10(8-15)14(3)4;;/h9-11H,5-8,13H2,1-4H3;2*1H. The van der Waals surface area contributed by atoms with E-state index in [2.05, 4.69) is 19.0 Å². The zero-order valence-electron chi connectivity index (χ0n) is 11.8. The van der Waals surface area contributed by atoms with Crippen LogP contribution in [0.15, 0.2) is 0 Å². The highest BCUT2D eigenvalue weighted by Gasteiger charge is 2.28. The summed E-state index contributed by atoms with van der Waals surface area (Å²) in [7, 11) is 4.14. The first-order valence-corrected chi connectivity index (χ1v) is 6.14. The molecule has 1 aliphatic rings. The van der Waals surface area contributed by atoms with Crippen molar-refractivity contribution in [2.24, 2.45) is 11.7 Å². The molecule has 1 rings (SSSR count). The summed E-state index contributed by atoms with van der Waals surface area (Å²) < 4.78 is 0. The van der Waals surface area contributed by atoms with E-state index in [0.717, 1.165) is 19.5 Å². The molecule has 2 atom stereocenters. The molecule has 4 nitrogen and oxygen atoms in total. The monoisotopic (exact) mass is 299 g/mol. The molecule has 1 aliphatic heterocycles. The number of hydrogen-bond donors (Lipinski definition) is 1. The second-order valence-electron chi connectivity index (χ2n) is 5.31. The van der Waals surface area contributed by atoms with Crippen molar-refractivity contribution in [2.75, 3.05) is 27.2 Å². The lowest BCUT2D eigenvalue weighted by Crippen LogP contribution is -2.53. The number of piperidine rings is 1. The molecule has 6 heteroatoms. The van der Waals surface area contributed by atoms with Gasteiger partial charge >= 0.3 is 0 Å². The summed E-state index contributed by atoms with van der Waals surface area (Å²) in [6.07, 6.45) is 2.26. The quantitative estimate of drug-likeness (QED) is 0.856. The van der Waals surface area contributed by atoms with Crippen LogP contribution in [0.1, 0.15) is 26.7 Å². The number of amides is 1. The summed E-state index contributed by atoms with van der Waals surface area (Å²) >= 11 is 0. The van der Waals surface area contributed by atoms with Crippen molar-refractivity contribution in [3.63, 3.8) is 0 Å². The van der Waals surface area contributed by atoms with Crippen LogP contribution in [0.3, 0.4) is 0 Å². The molecule has 1 saturated heterocycles. The van der Waals surface area contributed by atoms with Gasteiger partial charge in [-0.3, -0.25) is 4.79 Å². The van der Waals surface area contributed by atoms with Gasteiger partial charge in [0.15, 0.2) is 0 Å². The second kappa shape index (κ2) is 8.97. The fourth-order valence-corrected chi connectivity index (χ4v) is 2.07. The molecular weight excluding hydrogens is 273 g/mol. The van der Waals surface area contributed by atoms with Gasteiger partial charge in [0.25, 0.3) is 0 Å². The highest BCUT2D eigenvalue weighted by molar-refractivity contribution is 5.85. The maximum absolute atomic E-state index is 12.1. The molecule has 0 saturated carbocycles. The van der Waals surface area contributed by atoms with Gasteiger partial charge in [0.1, 0.15) is 0 Å². The number of carbonyl (C=O) groups is 1. The molecule has 0 aromatic heterocycles.